The van der Waals surface area contributed by atoms with Crippen LogP contribution in [0.3, 0.4) is 0 Å². The Bertz CT molecular complexity index is 870. The van der Waals surface area contributed by atoms with Crippen LogP contribution in [-0.2, 0) is 21.3 Å². The van der Waals surface area contributed by atoms with Crippen LogP contribution in [0.5, 0.6) is 0 Å². The molecule has 25 heavy (non-hydrogen) atoms. The minimum Gasteiger partial charge on any atom is -0.378 e. The Morgan fingerprint density at radius 3 is 2.72 bits per heavy atom. The van der Waals surface area contributed by atoms with Gasteiger partial charge in [-0.1, -0.05) is 12.1 Å². The lowest BCUT2D eigenvalue weighted by molar-refractivity contribution is 0.122. The van der Waals surface area contributed by atoms with Crippen molar-refractivity contribution in [2.45, 2.75) is 11.4 Å². The van der Waals surface area contributed by atoms with Gasteiger partial charge in [0.15, 0.2) is 0 Å². The number of anilines is 1. The lowest BCUT2D eigenvalue weighted by Gasteiger charge is -2.27. The lowest BCUT2D eigenvalue weighted by Crippen LogP contribution is -2.36. The molecule has 0 atom stereocenters. The fourth-order valence-electron chi connectivity index (χ4n) is 2.50. The van der Waals surface area contributed by atoms with Gasteiger partial charge in [0.1, 0.15) is 5.82 Å². The van der Waals surface area contributed by atoms with Crippen molar-refractivity contribution in [2.75, 3.05) is 31.2 Å². The number of morpholine rings is 1. The fraction of sp³-hybridized carbons (Fsp3) is 0.294. The Morgan fingerprint density at radius 1 is 1.24 bits per heavy atom. The van der Waals surface area contributed by atoms with Crippen LogP contribution in [0, 0.1) is 11.3 Å². The smallest absolute Gasteiger partial charge is 0.240 e. The van der Waals surface area contributed by atoms with E-state index in [1.165, 1.54) is 12.1 Å². The Hall–Kier alpha value is -2.47. The predicted octanol–water partition coefficient (Wildman–Crippen LogP) is 1.27. The molecule has 0 radical (unpaired) electrons. The summed E-state index contributed by atoms with van der Waals surface area (Å²) >= 11 is 0. The minimum absolute atomic E-state index is 0.0736. The van der Waals surface area contributed by atoms with Crippen molar-refractivity contribution in [3.05, 3.63) is 53.7 Å². The number of pyridine rings is 1. The Balaban J connectivity index is 1.65. The third kappa shape index (κ3) is 4.33. The van der Waals surface area contributed by atoms with Crippen LogP contribution in [0.25, 0.3) is 0 Å². The highest BCUT2D eigenvalue weighted by Gasteiger charge is 2.15. The number of nitrogens with one attached hydrogen (secondary N) is 1. The molecular weight excluding hydrogens is 340 g/mol. The fourth-order valence-corrected chi connectivity index (χ4v) is 3.56. The summed E-state index contributed by atoms with van der Waals surface area (Å²) in [6.45, 7) is 3.11. The van der Waals surface area contributed by atoms with Crippen LogP contribution >= 0.6 is 0 Å². The first-order valence-electron chi connectivity index (χ1n) is 7.86. The molecule has 0 bridgehead atoms. The molecule has 1 saturated heterocycles. The quantitative estimate of drug-likeness (QED) is 0.865. The van der Waals surface area contributed by atoms with E-state index in [1.807, 2.05) is 18.2 Å². The van der Waals surface area contributed by atoms with E-state index in [0.717, 1.165) is 24.5 Å². The van der Waals surface area contributed by atoms with Gasteiger partial charge in [-0.05, 0) is 29.8 Å². The van der Waals surface area contributed by atoms with Crippen LogP contribution in [0.15, 0.2) is 47.5 Å². The van der Waals surface area contributed by atoms with Crippen molar-refractivity contribution < 1.29 is 13.2 Å². The molecule has 2 heterocycles. The second-order valence-corrected chi connectivity index (χ2v) is 7.36. The van der Waals surface area contributed by atoms with E-state index in [0.29, 0.717) is 18.8 Å². The predicted molar refractivity (Wildman–Crippen MR) is 92.5 cm³/mol. The van der Waals surface area contributed by atoms with Crippen molar-refractivity contribution in [1.29, 1.82) is 5.26 Å². The molecular formula is C17H18N4O3S. The zero-order chi connectivity index (χ0) is 17.7. The second-order valence-electron chi connectivity index (χ2n) is 5.59. The highest BCUT2D eigenvalue weighted by Crippen LogP contribution is 2.14. The molecule has 0 aliphatic carbocycles. The third-order valence-corrected chi connectivity index (χ3v) is 5.28. The molecule has 0 spiro atoms. The van der Waals surface area contributed by atoms with Gasteiger partial charge in [-0.15, -0.1) is 0 Å². The van der Waals surface area contributed by atoms with Gasteiger partial charge in [0, 0.05) is 25.8 Å². The topological polar surface area (TPSA) is 95.3 Å². The van der Waals surface area contributed by atoms with Crippen molar-refractivity contribution in [3.8, 4) is 6.07 Å². The van der Waals surface area contributed by atoms with Crippen LogP contribution in [0.2, 0.25) is 0 Å². The van der Waals surface area contributed by atoms with E-state index < -0.39 is 10.0 Å². The standard InChI is InChI=1S/C17H18N4O3S/c18-11-14-2-1-3-16(10-14)25(22,23)20-13-15-4-5-17(19-12-15)21-6-8-24-9-7-21/h1-5,10,12,20H,6-9,13H2. The molecule has 7 nitrogen and oxygen atoms in total. The highest BCUT2D eigenvalue weighted by atomic mass is 32.2. The average Bonchev–Trinajstić information content (AvgIpc) is 2.67. The first-order valence-corrected chi connectivity index (χ1v) is 9.34. The monoisotopic (exact) mass is 358 g/mol. The number of aromatic nitrogens is 1. The molecule has 2 aromatic rings. The number of rotatable bonds is 5. The molecule has 3 rings (SSSR count). The summed E-state index contributed by atoms with van der Waals surface area (Å²) in [5.41, 5.74) is 1.07. The van der Waals surface area contributed by atoms with Crippen LogP contribution in [0.4, 0.5) is 5.82 Å². The number of hydrogen-bond donors (Lipinski definition) is 1. The maximum atomic E-state index is 12.3. The van der Waals surface area contributed by atoms with E-state index in [9.17, 15) is 8.42 Å². The van der Waals surface area contributed by atoms with E-state index >= 15 is 0 Å². The molecule has 0 saturated carbocycles. The van der Waals surface area contributed by atoms with Crippen LogP contribution in [0.1, 0.15) is 11.1 Å². The molecule has 1 aromatic heterocycles. The van der Waals surface area contributed by atoms with Gasteiger partial charge in [-0.25, -0.2) is 18.1 Å². The summed E-state index contributed by atoms with van der Waals surface area (Å²) in [6.07, 6.45) is 1.67. The molecule has 1 aliphatic rings. The van der Waals surface area contributed by atoms with Gasteiger partial charge in [-0.2, -0.15) is 5.26 Å². The number of ether oxygens (including phenoxy) is 1. The van der Waals surface area contributed by atoms with Gasteiger partial charge in [0.05, 0.1) is 29.7 Å². The van der Waals surface area contributed by atoms with Crippen molar-refractivity contribution in [3.63, 3.8) is 0 Å². The van der Waals surface area contributed by atoms with Crippen molar-refractivity contribution in [2.24, 2.45) is 0 Å². The number of sulfonamides is 1. The van der Waals surface area contributed by atoms with Gasteiger partial charge in [0.2, 0.25) is 10.0 Å². The normalized spacial score (nSPS) is 14.9. The lowest BCUT2D eigenvalue weighted by atomic mass is 10.2. The first-order chi connectivity index (χ1) is 12.1. The summed E-state index contributed by atoms with van der Waals surface area (Å²) in [4.78, 5) is 6.60. The summed E-state index contributed by atoms with van der Waals surface area (Å²) in [5.74, 6) is 0.858. The molecule has 1 N–H and O–H groups in total. The van der Waals surface area contributed by atoms with Crippen LogP contribution in [-0.4, -0.2) is 39.7 Å². The number of nitrogens with zero attached hydrogens (tertiary/aromatic N) is 3. The first kappa shape index (κ1) is 17.4. The minimum atomic E-state index is -3.68. The zero-order valence-electron chi connectivity index (χ0n) is 13.6. The summed E-state index contributed by atoms with van der Waals surface area (Å²) in [7, 11) is -3.68. The Morgan fingerprint density at radius 2 is 2.04 bits per heavy atom. The zero-order valence-corrected chi connectivity index (χ0v) is 14.4. The van der Waals surface area contributed by atoms with E-state index in [1.54, 1.807) is 18.3 Å². The van der Waals surface area contributed by atoms with Crippen molar-refractivity contribution in [1.82, 2.24) is 9.71 Å². The number of hydrogen-bond acceptors (Lipinski definition) is 6. The second kappa shape index (κ2) is 7.61. The largest absolute Gasteiger partial charge is 0.378 e. The number of benzene rings is 1. The van der Waals surface area contributed by atoms with Gasteiger partial charge in [-0.3, -0.25) is 0 Å². The van der Waals surface area contributed by atoms with Gasteiger partial charge < -0.3 is 9.64 Å². The maximum Gasteiger partial charge on any atom is 0.240 e. The summed E-state index contributed by atoms with van der Waals surface area (Å²) in [6, 6.07) is 11.6. The van der Waals surface area contributed by atoms with E-state index in [2.05, 4.69) is 14.6 Å². The molecule has 1 fully saturated rings. The maximum absolute atomic E-state index is 12.3. The van der Waals surface area contributed by atoms with Gasteiger partial charge >= 0.3 is 0 Å². The molecule has 1 aromatic carbocycles. The Kier molecular flexibility index (Phi) is 5.28. The molecule has 8 heteroatoms. The average molecular weight is 358 g/mol. The van der Waals surface area contributed by atoms with Gasteiger partial charge in [0.25, 0.3) is 0 Å². The van der Waals surface area contributed by atoms with Crippen LogP contribution < -0.4 is 9.62 Å². The highest BCUT2D eigenvalue weighted by molar-refractivity contribution is 7.89. The molecule has 1 aliphatic heterocycles. The molecule has 0 amide bonds. The van der Waals surface area contributed by atoms with E-state index in [4.69, 9.17) is 10.00 Å². The van der Waals surface area contributed by atoms with E-state index in [-0.39, 0.29) is 11.4 Å². The van der Waals surface area contributed by atoms with Crippen molar-refractivity contribution >= 4 is 15.8 Å². The molecule has 130 valence electrons. The summed E-state index contributed by atoms with van der Waals surface area (Å²) < 4.78 is 32.5. The third-order valence-electron chi connectivity index (χ3n) is 3.88. The SMILES string of the molecule is N#Cc1cccc(S(=O)(=O)NCc2ccc(N3CCOCC3)nc2)c1. The number of nitriles is 1. The molecule has 0 unspecified atom stereocenters. The Labute approximate surface area is 146 Å². The summed E-state index contributed by atoms with van der Waals surface area (Å²) in [5, 5.41) is 8.88.